The van der Waals surface area contributed by atoms with Crippen LogP contribution in [0.15, 0.2) is 70.2 Å². The van der Waals surface area contributed by atoms with Gasteiger partial charge >= 0.3 is 0 Å². The number of carbonyl (C=O) groups excluding carboxylic acids is 1. The van der Waals surface area contributed by atoms with Crippen molar-refractivity contribution in [3.63, 3.8) is 0 Å². The summed E-state index contributed by atoms with van der Waals surface area (Å²) < 4.78 is 1.03. The molecule has 0 heterocycles. The highest BCUT2D eigenvalue weighted by Crippen LogP contribution is 2.25. The smallest absolute Gasteiger partial charge is 0.250 e. The third-order valence-corrected chi connectivity index (χ3v) is 5.22. The van der Waals surface area contributed by atoms with Gasteiger partial charge < -0.3 is 5.11 Å². The number of fused-ring (bicyclic) bond motifs is 1. The molecule has 0 unspecified atom stereocenters. The molecule has 0 radical (unpaired) electrons. The normalized spacial score (nSPS) is 11.1. The largest absolute Gasteiger partial charge is 0.507 e. The first-order valence-corrected chi connectivity index (χ1v) is 9.93. The molecule has 0 atom stereocenters. The third-order valence-electron chi connectivity index (χ3n) is 3.72. The summed E-state index contributed by atoms with van der Waals surface area (Å²) in [5.41, 5.74) is 4.25. The van der Waals surface area contributed by atoms with Crippen LogP contribution in [0, 0.1) is 0 Å². The summed E-state index contributed by atoms with van der Waals surface area (Å²) in [4.78, 5) is 11.9. The molecule has 0 spiro atoms. The van der Waals surface area contributed by atoms with Gasteiger partial charge in [0.1, 0.15) is 5.75 Å². The van der Waals surface area contributed by atoms with Crippen LogP contribution in [-0.4, -0.2) is 23.0 Å². The Bertz CT molecular complexity index is 959. The molecule has 3 aromatic carbocycles. The number of thioether (sulfide) groups is 1. The average molecular weight is 429 g/mol. The van der Waals surface area contributed by atoms with Crippen LogP contribution in [0.4, 0.5) is 0 Å². The zero-order valence-corrected chi connectivity index (χ0v) is 16.3. The standard InChI is InChI=1S/C20H17BrN2O2S/c21-16-6-3-4-14(10-16)12-26-13-20(25)23-22-11-18-17-7-2-1-5-15(17)8-9-19(18)24/h1-11,24H,12-13H2,(H,23,25)/b22-11-. The van der Waals surface area contributed by atoms with Gasteiger partial charge in [-0.05, 0) is 34.5 Å². The number of hydrogen-bond acceptors (Lipinski definition) is 4. The fourth-order valence-electron chi connectivity index (χ4n) is 2.51. The quantitative estimate of drug-likeness (QED) is 0.442. The second kappa shape index (κ2) is 8.87. The van der Waals surface area contributed by atoms with Gasteiger partial charge in [0.15, 0.2) is 0 Å². The molecule has 0 aliphatic heterocycles. The lowest BCUT2D eigenvalue weighted by molar-refractivity contribution is -0.118. The Kier molecular flexibility index (Phi) is 6.30. The highest BCUT2D eigenvalue weighted by Gasteiger charge is 2.05. The first-order valence-electron chi connectivity index (χ1n) is 7.98. The van der Waals surface area contributed by atoms with Crippen molar-refractivity contribution in [1.29, 1.82) is 0 Å². The summed E-state index contributed by atoms with van der Waals surface area (Å²) in [6.07, 6.45) is 1.48. The van der Waals surface area contributed by atoms with E-state index in [9.17, 15) is 9.90 Å². The molecule has 0 saturated heterocycles. The number of phenolic OH excluding ortho intramolecular Hbond substituents is 1. The second-order valence-corrected chi connectivity index (χ2v) is 7.54. The summed E-state index contributed by atoms with van der Waals surface area (Å²) in [6, 6.07) is 19.2. The number of amides is 1. The van der Waals surface area contributed by atoms with Gasteiger partial charge in [-0.25, -0.2) is 5.43 Å². The van der Waals surface area contributed by atoms with E-state index >= 15 is 0 Å². The van der Waals surface area contributed by atoms with Crippen molar-refractivity contribution in [2.75, 3.05) is 5.75 Å². The number of aromatic hydroxyl groups is 1. The first kappa shape index (κ1) is 18.5. The Morgan fingerprint density at radius 3 is 2.85 bits per heavy atom. The van der Waals surface area contributed by atoms with Crippen LogP contribution >= 0.6 is 27.7 Å². The molecule has 132 valence electrons. The minimum atomic E-state index is -0.180. The summed E-state index contributed by atoms with van der Waals surface area (Å²) in [7, 11) is 0. The van der Waals surface area contributed by atoms with E-state index in [1.807, 2.05) is 54.6 Å². The van der Waals surface area contributed by atoms with Gasteiger partial charge in [-0.3, -0.25) is 4.79 Å². The molecular formula is C20H17BrN2O2S. The minimum Gasteiger partial charge on any atom is -0.507 e. The Morgan fingerprint density at radius 1 is 1.15 bits per heavy atom. The van der Waals surface area contributed by atoms with Crippen LogP contribution in [-0.2, 0) is 10.5 Å². The van der Waals surface area contributed by atoms with E-state index in [4.69, 9.17) is 0 Å². The average Bonchev–Trinajstić information content (AvgIpc) is 2.64. The summed E-state index contributed by atoms with van der Waals surface area (Å²) in [5, 5.41) is 15.9. The zero-order chi connectivity index (χ0) is 18.4. The van der Waals surface area contributed by atoms with Gasteiger partial charge in [-0.2, -0.15) is 5.10 Å². The predicted octanol–water partition coefficient (Wildman–Crippen LogP) is 4.69. The topological polar surface area (TPSA) is 61.7 Å². The van der Waals surface area contributed by atoms with E-state index in [1.54, 1.807) is 6.07 Å². The van der Waals surface area contributed by atoms with Gasteiger partial charge in [0.25, 0.3) is 0 Å². The van der Waals surface area contributed by atoms with Crippen molar-refractivity contribution in [3.8, 4) is 5.75 Å². The van der Waals surface area contributed by atoms with Crippen molar-refractivity contribution < 1.29 is 9.90 Å². The van der Waals surface area contributed by atoms with Crippen molar-refractivity contribution in [2.45, 2.75) is 5.75 Å². The Hall–Kier alpha value is -2.31. The maximum atomic E-state index is 11.9. The Labute approximate surface area is 164 Å². The number of hydrogen-bond donors (Lipinski definition) is 2. The number of carbonyl (C=O) groups is 1. The molecule has 0 saturated carbocycles. The van der Waals surface area contributed by atoms with E-state index in [0.717, 1.165) is 26.6 Å². The zero-order valence-electron chi connectivity index (χ0n) is 13.9. The molecule has 3 rings (SSSR count). The third kappa shape index (κ3) is 4.86. The Morgan fingerprint density at radius 2 is 2.00 bits per heavy atom. The molecule has 2 N–H and O–H groups in total. The SMILES string of the molecule is O=C(CSCc1cccc(Br)c1)N/N=C\c1c(O)ccc2ccccc12. The lowest BCUT2D eigenvalue weighted by Gasteiger charge is -2.05. The number of nitrogens with zero attached hydrogens (tertiary/aromatic N) is 1. The molecule has 1 amide bonds. The summed E-state index contributed by atoms with van der Waals surface area (Å²) >= 11 is 4.95. The highest BCUT2D eigenvalue weighted by atomic mass is 79.9. The molecular weight excluding hydrogens is 412 g/mol. The van der Waals surface area contributed by atoms with Crippen LogP contribution in [0.25, 0.3) is 10.8 Å². The number of phenols is 1. The van der Waals surface area contributed by atoms with Gasteiger partial charge in [-0.15, -0.1) is 11.8 Å². The lowest BCUT2D eigenvalue weighted by atomic mass is 10.0. The van der Waals surface area contributed by atoms with Crippen LogP contribution in [0.2, 0.25) is 0 Å². The second-order valence-electron chi connectivity index (χ2n) is 5.64. The maximum Gasteiger partial charge on any atom is 0.250 e. The Balaban J connectivity index is 1.55. The maximum absolute atomic E-state index is 11.9. The monoisotopic (exact) mass is 428 g/mol. The number of nitrogens with one attached hydrogen (secondary N) is 1. The molecule has 3 aromatic rings. The first-order chi connectivity index (χ1) is 12.6. The van der Waals surface area contributed by atoms with E-state index in [0.29, 0.717) is 11.3 Å². The fraction of sp³-hybridized carbons (Fsp3) is 0.100. The molecule has 0 bridgehead atoms. The summed E-state index contributed by atoms with van der Waals surface area (Å²) in [6.45, 7) is 0. The molecule has 0 aromatic heterocycles. The van der Waals surface area contributed by atoms with Crippen molar-refractivity contribution in [2.24, 2.45) is 5.10 Å². The number of halogens is 1. The highest BCUT2D eigenvalue weighted by molar-refractivity contribution is 9.10. The van der Waals surface area contributed by atoms with Crippen LogP contribution in [0.3, 0.4) is 0 Å². The molecule has 4 nitrogen and oxygen atoms in total. The minimum absolute atomic E-state index is 0.130. The van der Waals surface area contributed by atoms with E-state index in [-0.39, 0.29) is 11.7 Å². The van der Waals surface area contributed by atoms with Gasteiger partial charge in [0.05, 0.1) is 12.0 Å². The van der Waals surface area contributed by atoms with Crippen molar-refractivity contribution in [1.82, 2.24) is 5.43 Å². The molecule has 0 aliphatic carbocycles. The molecule has 0 aliphatic rings. The fourth-order valence-corrected chi connectivity index (χ4v) is 3.72. The van der Waals surface area contributed by atoms with Gasteiger partial charge in [0.2, 0.25) is 5.91 Å². The summed E-state index contributed by atoms with van der Waals surface area (Å²) in [5.74, 6) is 1.01. The number of benzene rings is 3. The van der Waals surface area contributed by atoms with Crippen LogP contribution in [0.5, 0.6) is 5.75 Å². The molecule has 6 heteroatoms. The number of rotatable bonds is 6. The molecule has 26 heavy (non-hydrogen) atoms. The van der Waals surface area contributed by atoms with Crippen molar-refractivity contribution in [3.05, 3.63) is 76.3 Å². The predicted molar refractivity (Wildman–Crippen MR) is 112 cm³/mol. The number of hydrazone groups is 1. The lowest BCUT2D eigenvalue weighted by Crippen LogP contribution is -2.19. The van der Waals surface area contributed by atoms with Gasteiger partial charge in [-0.1, -0.05) is 58.4 Å². The van der Waals surface area contributed by atoms with Gasteiger partial charge in [0, 0.05) is 15.8 Å². The van der Waals surface area contributed by atoms with Crippen LogP contribution < -0.4 is 5.43 Å². The van der Waals surface area contributed by atoms with E-state index in [1.165, 1.54) is 18.0 Å². The van der Waals surface area contributed by atoms with E-state index < -0.39 is 0 Å². The van der Waals surface area contributed by atoms with Crippen molar-refractivity contribution >= 4 is 50.6 Å². The molecule has 0 fully saturated rings. The van der Waals surface area contributed by atoms with Crippen LogP contribution in [0.1, 0.15) is 11.1 Å². The van der Waals surface area contributed by atoms with E-state index in [2.05, 4.69) is 26.5 Å².